The summed E-state index contributed by atoms with van der Waals surface area (Å²) in [4.78, 5) is 4.26. The second-order valence-corrected chi connectivity index (χ2v) is 5.41. The molecule has 1 aliphatic rings. The Bertz CT molecular complexity index is 353. The largest absolute Gasteiger partial charge is 0.381 e. The molecule has 94 valence electrons. The van der Waals surface area contributed by atoms with Crippen LogP contribution in [0, 0.1) is 5.92 Å². The molecule has 0 aromatic carbocycles. The summed E-state index contributed by atoms with van der Waals surface area (Å²) >= 11 is 3.49. The van der Waals surface area contributed by atoms with Crippen LogP contribution < -0.4 is 5.32 Å². The van der Waals surface area contributed by atoms with Crippen LogP contribution in [0.25, 0.3) is 0 Å². The van der Waals surface area contributed by atoms with Gasteiger partial charge in [0, 0.05) is 35.4 Å². The van der Waals surface area contributed by atoms with Gasteiger partial charge in [-0.05, 0) is 46.9 Å². The highest BCUT2D eigenvalue weighted by Gasteiger charge is 2.26. The SMILES string of the molecule is CCCNC(c1cncc(Br)c1)C1CCOC1. The third kappa shape index (κ3) is 3.50. The Kier molecular flexibility index (Phi) is 4.95. The van der Waals surface area contributed by atoms with Crippen molar-refractivity contribution in [2.75, 3.05) is 19.8 Å². The first kappa shape index (κ1) is 13.0. The lowest BCUT2D eigenvalue weighted by atomic mass is 9.93. The third-order valence-corrected chi connectivity index (χ3v) is 3.57. The number of nitrogens with zero attached hydrogens (tertiary/aromatic N) is 1. The van der Waals surface area contributed by atoms with Crippen molar-refractivity contribution in [2.45, 2.75) is 25.8 Å². The van der Waals surface area contributed by atoms with Gasteiger partial charge in [0.15, 0.2) is 0 Å². The first-order chi connectivity index (χ1) is 8.31. The summed E-state index contributed by atoms with van der Waals surface area (Å²) in [5.41, 5.74) is 1.25. The summed E-state index contributed by atoms with van der Waals surface area (Å²) in [7, 11) is 0. The summed E-state index contributed by atoms with van der Waals surface area (Å²) in [6, 6.07) is 2.51. The Labute approximate surface area is 111 Å². The lowest BCUT2D eigenvalue weighted by Crippen LogP contribution is -2.29. The molecule has 1 saturated heterocycles. The van der Waals surface area contributed by atoms with E-state index >= 15 is 0 Å². The van der Waals surface area contributed by atoms with Crippen LogP contribution in [0.15, 0.2) is 22.9 Å². The van der Waals surface area contributed by atoms with Gasteiger partial charge < -0.3 is 10.1 Å². The standard InChI is InChI=1S/C13H19BrN2O/c1-2-4-16-13(10-3-5-17-9-10)11-6-12(14)8-15-7-11/h6-8,10,13,16H,2-5,9H2,1H3. The number of nitrogens with one attached hydrogen (secondary N) is 1. The van der Waals surface area contributed by atoms with E-state index in [0.717, 1.165) is 37.1 Å². The number of hydrogen-bond acceptors (Lipinski definition) is 3. The van der Waals surface area contributed by atoms with Gasteiger partial charge in [-0.3, -0.25) is 4.98 Å². The Balaban J connectivity index is 2.13. The molecule has 1 aliphatic heterocycles. The van der Waals surface area contributed by atoms with Crippen LogP contribution in [0.2, 0.25) is 0 Å². The van der Waals surface area contributed by atoms with E-state index in [1.807, 2.05) is 12.4 Å². The maximum atomic E-state index is 5.50. The molecule has 1 aromatic heterocycles. The quantitative estimate of drug-likeness (QED) is 0.907. The second-order valence-electron chi connectivity index (χ2n) is 4.49. The summed E-state index contributed by atoms with van der Waals surface area (Å²) in [5, 5.41) is 3.61. The van der Waals surface area contributed by atoms with Crippen molar-refractivity contribution in [2.24, 2.45) is 5.92 Å². The Morgan fingerprint density at radius 2 is 2.47 bits per heavy atom. The average molecular weight is 299 g/mol. The maximum absolute atomic E-state index is 5.50. The van der Waals surface area contributed by atoms with Crippen LogP contribution in [-0.2, 0) is 4.74 Å². The molecule has 2 heterocycles. The maximum Gasteiger partial charge on any atom is 0.0513 e. The van der Waals surface area contributed by atoms with E-state index in [0.29, 0.717) is 12.0 Å². The lowest BCUT2D eigenvalue weighted by Gasteiger charge is -2.24. The first-order valence-electron chi connectivity index (χ1n) is 6.23. The van der Waals surface area contributed by atoms with Crippen LogP contribution in [-0.4, -0.2) is 24.7 Å². The molecule has 1 aromatic rings. The Morgan fingerprint density at radius 3 is 3.12 bits per heavy atom. The molecular formula is C13H19BrN2O. The van der Waals surface area contributed by atoms with E-state index in [4.69, 9.17) is 4.74 Å². The Hall–Kier alpha value is -0.450. The van der Waals surface area contributed by atoms with Gasteiger partial charge in [0.05, 0.1) is 6.61 Å². The summed E-state index contributed by atoms with van der Waals surface area (Å²) in [6.07, 6.45) is 6.06. The van der Waals surface area contributed by atoms with Gasteiger partial charge in [-0.15, -0.1) is 0 Å². The van der Waals surface area contributed by atoms with E-state index in [-0.39, 0.29) is 0 Å². The minimum absolute atomic E-state index is 0.363. The minimum Gasteiger partial charge on any atom is -0.381 e. The third-order valence-electron chi connectivity index (χ3n) is 3.14. The molecule has 0 amide bonds. The fourth-order valence-corrected chi connectivity index (χ4v) is 2.65. The topological polar surface area (TPSA) is 34.2 Å². The zero-order valence-electron chi connectivity index (χ0n) is 10.2. The molecule has 4 heteroatoms. The number of halogens is 1. The van der Waals surface area contributed by atoms with Gasteiger partial charge >= 0.3 is 0 Å². The molecule has 1 N–H and O–H groups in total. The van der Waals surface area contributed by atoms with Crippen LogP contribution in [0.5, 0.6) is 0 Å². The van der Waals surface area contributed by atoms with E-state index in [2.05, 4.69) is 39.2 Å². The second kappa shape index (κ2) is 6.47. The minimum atomic E-state index is 0.363. The highest BCUT2D eigenvalue weighted by atomic mass is 79.9. The highest BCUT2D eigenvalue weighted by Crippen LogP contribution is 2.29. The molecule has 17 heavy (non-hydrogen) atoms. The van der Waals surface area contributed by atoms with E-state index < -0.39 is 0 Å². The van der Waals surface area contributed by atoms with E-state index in [1.54, 1.807) is 0 Å². The van der Waals surface area contributed by atoms with Crippen molar-refractivity contribution < 1.29 is 4.74 Å². The molecule has 0 bridgehead atoms. The predicted octanol–water partition coefficient (Wildman–Crippen LogP) is 2.92. The van der Waals surface area contributed by atoms with Crippen LogP contribution in [0.4, 0.5) is 0 Å². The highest BCUT2D eigenvalue weighted by molar-refractivity contribution is 9.10. The van der Waals surface area contributed by atoms with E-state index in [1.165, 1.54) is 5.56 Å². The van der Waals surface area contributed by atoms with Crippen molar-refractivity contribution in [1.82, 2.24) is 10.3 Å². The summed E-state index contributed by atoms with van der Waals surface area (Å²) in [6.45, 7) is 4.96. The zero-order valence-corrected chi connectivity index (χ0v) is 11.7. The van der Waals surface area contributed by atoms with Gasteiger partial charge in [-0.2, -0.15) is 0 Å². The van der Waals surface area contributed by atoms with Crippen molar-refractivity contribution in [3.8, 4) is 0 Å². The number of aromatic nitrogens is 1. The van der Waals surface area contributed by atoms with Crippen molar-refractivity contribution >= 4 is 15.9 Å². The predicted molar refractivity (Wildman–Crippen MR) is 71.9 cm³/mol. The summed E-state index contributed by atoms with van der Waals surface area (Å²) < 4.78 is 6.54. The molecule has 2 unspecified atom stereocenters. The monoisotopic (exact) mass is 298 g/mol. The molecule has 0 radical (unpaired) electrons. The molecule has 2 atom stereocenters. The Morgan fingerprint density at radius 1 is 1.59 bits per heavy atom. The smallest absolute Gasteiger partial charge is 0.0513 e. The number of pyridine rings is 1. The van der Waals surface area contributed by atoms with Crippen LogP contribution in [0.3, 0.4) is 0 Å². The van der Waals surface area contributed by atoms with E-state index in [9.17, 15) is 0 Å². The van der Waals surface area contributed by atoms with Crippen molar-refractivity contribution in [3.05, 3.63) is 28.5 Å². The van der Waals surface area contributed by atoms with Crippen molar-refractivity contribution in [3.63, 3.8) is 0 Å². The fraction of sp³-hybridized carbons (Fsp3) is 0.615. The molecule has 2 rings (SSSR count). The van der Waals surface area contributed by atoms with Gasteiger partial charge in [-0.1, -0.05) is 6.92 Å². The molecule has 0 spiro atoms. The van der Waals surface area contributed by atoms with Gasteiger partial charge in [0.2, 0.25) is 0 Å². The molecule has 0 saturated carbocycles. The first-order valence-corrected chi connectivity index (χ1v) is 7.02. The van der Waals surface area contributed by atoms with Gasteiger partial charge in [0.1, 0.15) is 0 Å². The normalized spacial score (nSPS) is 21.6. The zero-order chi connectivity index (χ0) is 12.1. The number of ether oxygens (including phenoxy) is 1. The number of hydrogen-bond donors (Lipinski definition) is 1. The molecule has 0 aliphatic carbocycles. The van der Waals surface area contributed by atoms with Crippen molar-refractivity contribution in [1.29, 1.82) is 0 Å². The molecule has 1 fully saturated rings. The lowest BCUT2D eigenvalue weighted by molar-refractivity contribution is 0.176. The van der Waals surface area contributed by atoms with Gasteiger partial charge in [-0.25, -0.2) is 0 Å². The molecule has 3 nitrogen and oxygen atoms in total. The molecular weight excluding hydrogens is 280 g/mol. The van der Waals surface area contributed by atoms with Gasteiger partial charge in [0.25, 0.3) is 0 Å². The van der Waals surface area contributed by atoms with Crippen LogP contribution >= 0.6 is 15.9 Å². The average Bonchev–Trinajstić information content (AvgIpc) is 2.83. The number of rotatable bonds is 5. The summed E-state index contributed by atoms with van der Waals surface area (Å²) in [5.74, 6) is 0.567. The fourth-order valence-electron chi connectivity index (χ4n) is 2.27. The van der Waals surface area contributed by atoms with Crippen LogP contribution in [0.1, 0.15) is 31.4 Å².